The van der Waals surface area contributed by atoms with Crippen LogP contribution in [-0.4, -0.2) is 20.4 Å². The molecular weight excluding hydrogens is 374 g/mol. The largest absolute Gasteiger partial charge is 1.00 e. The van der Waals surface area contributed by atoms with E-state index in [1.165, 1.54) is 24.3 Å². The molecule has 0 radical (unpaired) electrons. The van der Waals surface area contributed by atoms with Gasteiger partial charge in [0.25, 0.3) is 0 Å². The number of hydrogen-bond acceptors (Lipinski definition) is 8. The smallest absolute Gasteiger partial charge is 0.545 e. The monoisotopic (exact) mass is 382 g/mol. The molecule has 0 amide bonds. The van der Waals surface area contributed by atoms with Crippen LogP contribution in [-0.2, 0) is 10.4 Å². The number of benzene rings is 2. The molecule has 11 heteroatoms. The summed E-state index contributed by atoms with van der Waals surface area (Å²) >= 11 is 0. The Morgan fingerprint density at radius 3 is 1.36 bits per heavy atom. The molecule has 2 aromatic carbocycles. The van der Waals surface area contributed by atoms with Crippen LogP contribution in [0.5, 0.6) is 11.5 Å². The SMILES string of the molecule is O=C([O-])c1ccccc1OS(=O)(=O)Oc1ccccc1C(=O)[O-].[Na+].[Na+]. The molecule has 0 saturated heterocycles. The number of para-hydroxylation sites is 2. The Hall–Kier alpha value is -1.07. The van der Waals surface area contributed by atoms with Crippen molar-refractivity contribution in [1.29, 1.82) is 0 Å². The number of carboxylic acid groups (broad SMARTS) is 2. The van der Waals surface area contributed by atoms with Gasteiger partial charge in [-0.3, -0.25) is 0 Å². The van der Waals surface area contributed by atoms with Crippen LogP contribution in [0.4, 0.5) is 0 Å². The van der Waals surface area contributed by atoms with E-state index >= 15 is 0 Å². The average molecular weight is 382 g/mol. The third kappa shape index (κ3) is 6.63. The summed E-state index contributed by atoms with van der Waals surface area (Å²) in [5.74, 6) is -4.35. The van der Waals surface area contributed by atoms with Gasteiger partial charge in [-0.25, -0.2) is 0 Å². The van der Waals surface area contributed by atoms with Crippen molar-refractivity contribution < 1.29 is 95.7 Å². The van der Waals surface area contributed by atoms with Crippen molar-refractivity contribution in [2.24, 2.45) is 0 Å². The van der Waals surface area contributed by atoms with E-state index in [9.17, 15) is 28.2 Å². The molecule has 0 aliphatic rings. The molecule has 0 aliphatic carbocycles. The quantitative estimate of drug-likeness (QED) is 0.450. The summed E-state index contributed by atoms with van der Waals surface area (Å²) < 4.78 is 32.8. The molecular formula is C14H8Na2O8S. The zero-order valence-corrected chi connectivity index (χ0v) is 18.1. The van der Waals surface area contributed by atoms with Gasteiger partial charge >= 0.3 is 69.5 Å². The van der Waals surface area contributed by atoms with Crippen LogP contribution in [0, 0.1) is 0 Å². The van der Waals surface area contributed by atoms with Crippen molar-refractivity contribution >= 4 is 22.3 Å². The number of carbonyl (C=O) groups excluding carboxylic acids is 2. The van der Waals surface area contributed by atoms with Crippen LogP contribution in [0.25, 0.3) is 0 Å². The van der Waals surface area contributed by atoms with E-state index in [-0.39, 0.29) is 59.1 Å². The van der Waals surface area contributed by atoms with E-state index < -0.39 is 45.0 Å². The predicted octanol–water partition coefficient (Wildman–Crippen LogP) is -6.88. The Morgan fingerprint density at radius 1 is 0.720 bits per heavy atom. The van der Waals surface area contributed by atoms with Crippen molar-refractivity contribution in [1.82, 2.24) is 0 Å². The van der Waals surface area contributed by atoms with E-state index in [0.717, 1.165) is 24.3 Å². The number of hydrogen-bond donors (Lipinski definition) is 0. The second kappa shape index (κ2) is 10.2. The summed E-state index contributed by atoms with van der Waals surface area (Å²) in [5.41, 5.74) is -1.01. The molecule has 0 spiro atoms. The van der Waals surface area contributed by atoms with Crippen LogP contribution >= 0.6 is 0 Å². The first kappa shape index (κ1) is 23.9. The van der Waals surface area contributed by atoms with E-state index in [1.54, 1.807) is 0 Å². The zero-order valence-electron chi connectivity index (χ0n) is 13.3. The maximum atomic E-state index is 11.8. The summed E-state index contributed by atoms with van der Waals surface area (Å²) in [4.78, 5) is 21.8. The van der Waals surface area contributed by atoms with Gasteiger partial charge in [0.2, 0.25) is 0 Å². The summed E-state index contributed by atoms with van der Waals surface area (Å²) in [6.07, 6.45) is 0. The number of rotatable bonds is 6. The van der Waals surface area contributed by atoms with E-state index in [2.05, 4.69) is 8.37 Å². The fraction of sp³-hybridized carbons (Fsp3) is 0. The van der Waals surface area contributed by atoms with Crippen molar-refractivity contribution in [3.8, 4) is 11.5 Å². The minimum absolute atomic E-state index is 0. The zero-order chi connectivity index (χ0) is 17.0. The summed E-state index contributed by atoms with van der Waals surface area (Å²) in [7, 11) is -4.78. The molecule has 0 fully saturated rings. The van der Waals surface area contributed by atoms with E-state index in [4.69, 9.17) is 0 Å². The summed E-state index contributed by atoms with van der Waals surface area (Å²) in [6, 6.07) is 9.69. The van der Waals surface area contributed by atoms with E-state index in [1.807, 2.05) is 0 Å². The fourth-order valence-corrected chi connectivity index (χ4v) is 2.42. The Labute approximate surface area is 187 Å². The molecule has 0 bridgehead atoms. The van der Waals surface area contributed by atoms with Gasteiger partial charge in [-0.1, -0.05) is 24.3 Å². The minimum Gasteiger partial charge on any atom is -0.545 e. The Balaban J connectivity index is 0.00000288. The number of carboxylic acids is 2. The summed E-state index contributed by atoms with van der Waals surface area (Å²) in [6.45, 7) is 0. The van der Waals surface area contributed by atoms with Gasteiger partial charge in [-0.15, -0.1) is 8.42 Å². The topological polar surface area (TPSA) is 133 Å². The molecule has 2 aromatic rings. The fourth-order valence-electron chi connectivity index (χ4n) is 1.65. The van der Waals surface area contributed by atoms with Crippen LogP contribution < -0.4 is 77.7 Å². The molecule has 0 unspecified atom stereocenters. The molecule has 120 valence electrons. The van der Waals surface area contributed by atoms with Crippen LogP contribution in [0.1, 0.15) is 20.7 Å². The first-order valence-electron chi connectivity index (χ1n) is 6.05. The van der Waals surface area contributed by atoms with Gasteiger partial charge in [0.05, 0.1) is 11.9 Å². The third-order valence-corrected chi connectivity index (χ3v) is 3.36. The van der Waals surface area contributed by atoms with Crippen molar-refractivity contribution in [3.05, 3.63) is 59.7 Å². The molecule has 0 atom stereocenters. The third-order valence-electron chi connectivity index (χ3n) is 2.60. The maximum absolute atomic E-state index is 11.8. The first-order valence-corrected chi connectivity index (χ1v) is 7.38. The molecule has 0 aliphatic heterocycles. The Bertz CT molecular complexity index is 801. The minimum atomic E-state index is -4.78. The first-order chi connectivity index (χ1) is 10.8. The number of aromatic carboxylic acids is 2. The molecule has 0 N–H and O–H groups in total. The molecule has 0 saturated carbocycles. The van der Waals surface area contributed by atoms with Gasteiger partial charge in [-0.2, -0.15) is 0 Å². The second-order valence-corrected chi connectivity index (χ2v) is 5.29. The Morgan fingerprint density at radius 2 is 1.04 bits per heavy atom. The van der Waals surface area contributed by atoms with Gasteiger partial charge in [0, 0.05) is 11.1 Å². The van der Waals surface area contributed by atoms with Crippen LogP contribution in [0.15, 0.2) is 48.5 Å². The molecule has 25 heavy (non-hydrogen) atoms. The van der Waals surface area contributed by atoms with E-state index in [0.29, 0.717) is 0 Å². The predicted molar refractivity (Wildman–Crippen MR) is 71.7 cm³/mol. The standard InChI is InChI=1S/C14H10O8S.2Na/c15-13(16)9-5-1-3-7-11(9)21-23(19,20)22-12-8-4-2-6-10(12)14(17)18;;/h1-8H,(H,15,16)(H,17,18);;/q;2*+1/p-2. The Kier molecular flexibility index (Phi) is 9.73. The maximum Gasteiger partial charge on any atom is 1.00 e. The van der Waals surface area contributed by atoms with Gasteiger partial charge in [0.15, 0.2) is 11.5 Å². The second-order valence-electron chi connectivity index (χ2n) is 4.14. The van der Waals surface area contributed by atoms with Crippen LogP contribution in [0.2, 0.25) is 0 Å². The van der Waals surface area contributed by atoms with Gasteiger partial charge in [0.1, 0.15) is 0 Å². The molecule has 8 nitrogen and oxygen atoms in total. The van der Waals surface area contributed by atoms with Crippen molar-refractivity contribution in [3.63, 3.8) is 0 Å². The molecule has 0 heterocycles. The molecule has 0 aromatic heterocycles. The molecule has 2 rings (SSSR count). The van der Waals surface area contributed by atoms with Gasteiger partial charge in [-0.05, 0) is 24.3 Å². The normalized spacial score (nSPS) is 9.92. The van der Waals surface area contributed by atoms with Crippen LogP contribution in [0.3, 0.4) is 0 Å². The average Bonchev–Trinajstić information content (AvgIpc) is 2.47. The van der Waals surface area contributed by atoms with Gasteiger partial charge < -0.3 is 28.2 Å². The van der Waals surface area contributed by atoms with Crippen molar-refractivity contribution in [2.75, 3.05) is 0 Å². The summed E-state index contributed by atoms with van der Waals surface area (Å²) in [5, 5.41) is 21.8. The van der Waals surface area contributed by atoms with Crippen molar-refractivity contribution in [2.45, 2.75) is 0 Å². The number of carbonyl (C=O) groups is 2.